The molecule has 0 saturated carbocycles. The van der Waals surface area contributed by atoms with E-state index in [9.17, 15) is 0 Å². The summed E-state index contributed by atoms with van der Waals surface area (Å²) >= 11 is 0. The quantitative estimate of drug-likeness (QED) is 0.221. The second kappa shape index (κ2) is 32.7. The molecule has 28 heavy (non-hydrogen) atoms. The smallest absolute Gasteiger partial charge is 0.166 e. The summed E-state index contributed by atoms with van der Waals surface area (Å²) in [5, 5.41) is 25.0. The minimum absolute atomic E-state index is 0. The van der Waals surface area contributed by atoms with Crippen LogP contribution in [0, 0.1) is 47.3 Å². The van der Waals surface area contributed by atoms with E-state index in [2.05, 4.69) is 81.0 Å². The van der Waals surface area contributed by atoms with Crippen LogP contribution in [0.1, 0.15) is 27.7 Å². The third kappa shape index (κ3) is 29.2. The molecular weight excluding hydrogens is 609 g/mol. The van der Waals surface area contributed by atoms with Gasteiger partial charge in [0, 0.05) is 100 Å². The van der Waals surface area contributed by atoms with E-state index < -0.39 is 0 Å². The fraction of sp³-hybridized carbons (Fsp3) is 0.778. The summed E-state index contributed by atoms with van der Waals surface area (Å²) in [6, 6.07) is 0. The molecule has 0 spiro atoms. The molecule has 0 N–H and O–H groups in total. The van der Waals surface area contributed by atoms with Crippen molar-refractivity contribution < 1.29 is 40.8 Å². The Morgan fingerprint density at radius 3 is 0.464 bits per heavy atom. The van der Waals surface area contributed by atoms with Crippen LogP contribution in [0.3, 0.4) is 0 Å². The third-order valence-electron chi connectivity index (χ3n) is 5.00. The first-order valence-corrected chi connectivity index (χ1v) is 17.9. The van der Waals surface area contributed by atoms with Gasteiger partial charge in [-0.15, -0.1) is 0 Å². The molecule has 0 amide bonds. The van der Waals surface area contributed by atoms with Crippen molar-refractivity contribution in [1.82, 2.24) is 0 Å². The number of hydrogen-bond acceptors (Lipinski definition) is 4. The summed E-state index contributed by atoms with van der Waals surface area (Å²) in [5.41, 5.74) is 0. The molecule has 172 valence electrons. The predicted octanol–water partition coefficient (Wildman–Crippen LogP) is 5.72. The van der Waals surface area contributed by atoms with Gasteiger partial charge in [-0.1, -0.05) is 0 Å². The van der Waals surface area contributed by atoms with Crippen LogP contribution in [-0.4, -0.2) is 63.1 Å². The zero-order chi connectivity index (χ0) is 23.3. The Morgan fingerprint density at radius 1 is 0.393 bits per heavy atom. The van der Waals surface area contributed by atoms with Gasteiger partial charge in [0.25, 0.3) is 0 Å². The van der Waals surface area contributed by atoms with Crippen molar-refractivity contribution in [1.29, 1.82) is 21.0 Å². The molecular formula is C18H40N4P4Pd2. The summed E-state index contributed by atoms with van der Waals surface area (Å²) in [4.78, 5) is 1.41. The zero-order valence-corrected chi connectivity index (χ0v) is 26.5. The van der Waals surface area contributed by atoms with Crippen molar-refractivity contribution in [3.05, 3.63) is 26.3 Å². The van der Waals surface area contributed by atoms with Gasteiger partial charge in [0.15, 0.2) is 9.79 Å². The molecule has 0 rings (SSSR count). The summed E-state index contributed by atoms with van der Waals surface area (Å²) in [7, 11) is -0.260. The molecule has 0 fully saturated rings. The van der Waals surface area contributed by atoms with E-state index in [-0.39, 0.29) is 72.5 Å². The first-order chi connectivity index (χ1) is 11.8. The first kappa shape index (κ1) is 51.6. The largest absolute Gasteiger partial charge is 0.512 e. The molecule has 0 aliphatic carbocycles. The number of rotatable bonds is 4. The standard InChI is InChI=1S/2C7H18P2.4CN.2Pd/c2*1-7(2,8(3)4)9(5)6;4*1-2;;/h2*1-6H3;;;;;;/q;;4*-1;;/p+4. The Balaban J connectivity index is -0.0000000332. The molecule has 0 aromatic carbocycles. The van der Waals surface area contributed by atoms with Crippen molar-refractivity contribution in [3.8, 4) is 0 Å². The van der Waals surface area contributed by atoms with Crippen molar-refractivity contribution in [2.45, 2.75) is 37.5 Å². The van der Waals surface area contributed by atoms with Crippen LogP contribution >= 0.6 is 31.7 Å². The number of nitrogens with zero attached hydrogens (tertiary/aromatic N) is 4. The van der Waals surface area contributed by atoms with Gasteiger partial charge in [-0.3, -0.25) is 0 Å². The second-order valence-electron chi connectivity index (χ2n) is 7.25. The van der Waals surface area contributed by atoms with Gasteiger partial charge in [-0.25, -0.2) is 0 Å². The SMILES string of the molecule is C[PH+](C)C(C)(C)[PH+](C)C.C[PH+](C)C(C)(C)[PH+](C)C.[C-]#N.[C-]#N.[C-]#N.[C-]#N.[Pd].[Pd]. The van der Waals surface area contributed by atoms with E-state index in [1.165, 1.54) is 0 Å². The van der Waals surface area contributed by atoms with Crippen LogP contribution in [0.4, 0.5) is 0 Å². The topological polar surface area (TPSA) is 95.2 Å². The first-order valence-electron chi connectivity index (χ1n) is 7.89. The molecule has 10 heteroatoms. The van der Waals surface area contributed by atoms with E-state index >= 15 is 0 Å². The Hall–Kier alpha value is 1.00. The molecule has 0 aromatic rings. The van der Waals surface area contributed by atoms with E-state index in [1.807, 2.05) is 0 Å². The van der Waals surface area contributed by atoms with Crippen LogP contribution in [0.15, 0.2) is 0 Å². The van der Waals surface area contributed by atoms with Crippen LogP contribution in [0.5, 0.6) is 0 Å². The maximum atomic E-state index is 6.25. The van der Waals surface area contributed by atoms with E-state index in [0.717, 1.165) is 0 Å². The molecule has 0 bridgehead atoms. The van der Waals surface area contributed by atoms with Crippen molar-refractivity contribution in [2.24, 2.45) is 0 Å². The maximum Gasteiger partial charge on any atom is 0.166 e. The molecule has 0 heterocycles. The van der Waals surface area contributed by atoms with E-state index in [4.69, 9.17) is 47.3 Å². The Bertz CT molecular complexity index is 311. The van der Waals surface area contributed by atoms with Gasteiger partial charge < -0.3 is 47.3 Å². The van der Waals surface area contributed by atoms with Gasteiger partial charge in [-0.05, 0) is 0 Å². The molecule has 4 nitrogen and oxygen atoms in total. The van der Waals surface area contributed by atoms with Crippen molar-refractivity contribution in [2.75, 3.05) is 53.3 Å². The average molecular weight is 649 g/mol. The van der Waals surface area contributed by atoms with Gasteiger partial charge in [-0.2, -0.15) is 0 Å². The Morgan fingerprint density at radius 2 is 0.464 bits per heavy atom. The summed E-state index contributed by atoms with van der Waals surface area (Å²) in [6.45, 7) is 48.1. The normalized spacial score (nSPS) is 8.86. The minimum Gasteiger partial charge on any atom is -0.512 e. The molecule has 0 unspecified atom stereocenters. The molecule has 0 atom stereocenters. The summed E-state index contributed by atoms with van der Waals surface area (Å²) in [5.74, 6) is 0. The van der Waals surface area contributed by atoms with Crippen LogP contribution in [0.2, 0.25) is 0 Å². The van der Waals surface area contributed by atoms with Crippen LogP contribution in [-0.2, 0) is 40.8 Å². The second-order valence-corrected chi connectivity index (χ2v) is 21.2. The minimum atomic E-state index is -0.0651. The van der Waals surface area contributed by atoms with Crippen LogP contribution < -0.4 is 0 Å². The summed E-state index contributed by atoms with van der Waals surface area (Å²) < 4.78 is 0. The van der Waals surface area contributed by atoms with Crippen molar-refractivity contribution >= 4 is 31.7 Å². The monoisotopic (exact) mass is 648 g/mol. The fourth-order valence-electron chi connectivity index (χ4n) is 1.00. The van der Waals surface area contributed by atoms with Crippen LogP contribution in [0.25, 0.3) is 0 Å². The summed E-state index contributed by atoms with van der Waals surface area (Å²) in [6.07, 6.45) is 0. The Labute approximate surface area is 209 Å². The molecule has 0 saturated heterocycles. The third-order valence-corrected chi connectivity index (χ3v) is 21.0. The van der Waals surface area contributed by atoms with E-state index in [0.29, 0.717) is 9.79 Å². The van der Waals surface area contributed by atoms with Gasteiger partial charge in [0.05, 0.1) is 53.3 Å². The molecule has 0 aliphatic heterocycles. The maximum absolute atomic E-state index is 6.25. The van der Waals surface area contributed by atoms with Gasteiger partial charge >= 0.3 is 0 Å². The molecule has 0 aromatic heterocycles. The fourth-order valence-corrected chi connectivity index (χ4v) is 9.00. The molecule has 0 aliphatic rings. The van der Waals surface area contributed by atoms with E-state index in [1.54, 1.807) is 0 Å². The van der Waals surface area contributed by atoms with Crippen molar-refractivity contribution in [3.63, 3.8) is 0 Å². The van der Waals surface area contributed by atoms with Gasteiger partial charge in [0.1, 0.15) is 0 Å². The Kier molecular flexibility index (Phi) is 60.1. The zero-order valence-electron chi connectivity index (χ0n) is 19.4. The predicted molar refractivity (Wildman–Crippen MR) is 129 cm³/mol. The van der Waals surface area contributed by atoms with Gasteiger partial charge in [0.2, 0.25) is 0 Å². The number of hydrogen-bond donors (Lipinski definition) is 0. The average Bonchev–Trinajstić information content (AvgIpc) is 2.62. The molecule has 0 radical (unpaired) electrons.